The summed E-state index contributed by atoms with van der Waals surface area (Å²) in [5.74, 6) is 6.25. The maximum Gasteiger partial charge on any atom is 0.233 e. The van der Waals surface area contributed by atoms with Gasteiger partial charge in [-0.25, -0.2) is 4.98 Å². The second kappa shape index (κ2) is 5.07. The summed E-state index contributed by atoms with van der Waals surface area (Å²) >= 11 is 5.85. The third kappa shape index (κ3) is 2.89. The molecule has 1 aromatic heterocycles. The van der Waals surface area contributed by atoms with Crippen LogP contribution in [0.1, 0.15) is 18.5 Å². The van der Waals surface area contributed by atoms with Gasteiger partial charge in [0.25, 0.3) is 0 Å². The molecule has 0 saturated carbocycles. The van der Waals surface area contributed by atoms with Gasteiger partial charge in [-0.3, -0.25) is 4.79 Å². The number of nitrogens with one attached hydrogen (secondary N) is 1. The first-order valence-electron chi connectivity index (χ1n) is 5.20. The molecule has 1 aliphatic rings. The molecule has 5 heteroatoms. The minimum atomic E-state index is -0.0778. The van der Waals surface area contributed by atoms with Gasteiger partial charge in [-0.1, -0.05) is 17.5 Å². The predicted octanol–water partition coefficient (Wildman–Crippen LogP) is 1.37. The molecule has 1 amide bonds. The molecule has 88 valence electrons. The Bertz CT molecular complexity index is 505. The number of amides is 1. The minimum absolute atomic E-state index is 0.0472. The van der Waals surface area contributed by atoms with E-state index in [4.69, 9.17) is 16.3 Å². The quantitative estimate of drug-likeness (QED) is 0.766. The lowest BCUT2D eigenvalue weighted by Crippen LogP contribution is -2.23. The summed E-state index contributed by atoms with van der Waals surface area (Å²) < 4.78 is 4.99. The molecule has 1 aliphatic heterocycles. The summed E-state index contributed by atoms with van der Waals surface area (Å²) in [6.07, 6.45) is 1.28. The summed E-state index contributed by atoms with van der Waals surface area (Å²) in [6.45, 7) is 0. The van der Waals surface area contributed by atoms with Crippen molar-refractivity contribution >= 4 is 17.5 Å². The SMILES string of the molecule is COc1nc(C#C[C@H]2CCC(=O)N2)ccc1Cl. The van der Waals surface area contributed by atoms with Crippen molar-refractivity contribution in [1.29, 1.82) is 0 Å². The Morgan fingerprint density at radius 3 is 3.06 bits per heavy atom. The fourth-order valence-electron chi connectivity index (χ4n) is 1.52. The second-order valence-electron chi connectivity index (χ2n) is 3.62. The molecule has 2 rings (SSSR count). The van der Waals surface area contributed by atoms with Gasteiger partial charge >= 0.3 is 0 Å². The standard InChI is InChI=1S/C12H11ClN2O2/c1-17-12-10(13)6-4-9(15-12)3-2-8-5-7-11(16)14-8/h4,6,8H,5,7H2,1H3,(H,14,16)/t8-/m0/s1. The van der Waals surface area contributed by atoms with Crippen LogP contribution in [-0.4, -0.2) is 24.0 Å². The first kappa shape index (κ1) is 11.7. The van der Waals surface area contributed by atoms with E-state index < -0.39 is 0 Å². The minimum Gasteiger partial charge on any atom is -0.480 e. The number of rotatable bonds is 1. The van der Waals surface area contributed by atoms with Crippen molar-refractivity contribution in [3.05, 3.63) is 22.8 Å². The number of ether oxygens (including phenoxy) is 1. The van der Waals surface area contributed by atoms with Crippen molar-refractivity contribution in [3.63, 3.8) is 0 Å². The first-order valence-corrected chi connectivity index (χ1v) is 5.58. The van der Waals surface area contributed by atoms with E-state index in [9.17, 15) is 4.79 Å². The highest BCUT2D eigenvalue weighted by Gasteiger charge is 2.18. The van der Waals surface area contributed by atoms with Crippen molar-refractivity contribution in [3.8, 4) is 17.7 Å². The molecule has 1 atom stereocenters. The average molecular weight is 251 g/mol. The zero-order chi connectivity index (χ0) is 12.3. The number of carbonyl (C=O) groups excluding carboxylic acids is 1. The summed E-state index contributed by atoms with van der Waals surface area (Å²) in [5, 5.41) is 3.22. The van der Waals surface area contributed by atoms with E-state index in [1.807, 2.05) is 0 Å². The van der Waals surface area contributed by atoms with Crippen molar-refractivity contribution in [2.45, 2.75) is 18.9 Å². The molecule has 1 saturated heterocycles. The van der Waals surface area contributed by atoms with Gasteiger partial charge in [0, 0.05) is 6.42 Å². The van der Waals surface area contributed by atoms with Crippen LogP contribution in [-0.2, 0) is 4.79 Å². The number of halogens is 1. The number of aromatic nitrogens is 1. The molecule has 0 spiro atoms. The molecule has 0 aromatic carbocycles. The van der Waals surface area contributed by atoms with E-state index in [-0.39, 0.29) is 11.9 Å². The van der Waals surface area contributed by atoms with Crippen LogP contribution in [0.2, 0.25) is 5.02 Å². The van der Waals surface area contributed by atoms with Crippen LogP contribution in [0.4, 0.5) is 0 Å². The Morgan fingerprint density at radius 1 is 1.59 bits per heavy atom. The topological polar surface area (TPSA) is 51.2 Å². The maximum atomic E-state index is 11.0. The molecule has 0 radical (unpaired) electrons. The molecule has 2 heterocycles. The molecule has 0 bridgehead atoms. The van der Waals surface area contributed by atoms with Crippen LogP contribution in [0, 0.1) is 11.8 Å². The van der Waals surface area contributed by atoms with Crippen LogP contribution in [0.5, 0.6) is 5.88 Å². The van der Waals surface area contributed by atoms with E-state index in [1.165, 1.54) is 7.11 Å². The van der Waals surface area contributed by atoms with Gasteiger partial charge in [-0.2, -0.15) is 0 Å². The smallest absolute Gasteiger partial charge is 0.233 e. The molecule has 17 heavy (non-hydrogen) atoms. The lowest BCUT2D eigenvalue weighted by Gasteiger charge is -2.01. The Balaban J connectivity index is 2.13. The lowest BCUT2D eigenvalue weighted by atomic mass is 10.2. The Morgan fingerprint density at radius 2 is 2.41 bits per heavy atom. The Hall–Kier alpha value is -1.73. The fraction of sp³-hybridized carbons (Fsp3) is 0.333. The van der Waals surface area contributed by atoms with E-state index in [1.54, 1.807) is 12.1 Å². The Labute approximate surface area is 104 Å². The third-order valence-electron chi connectivity index (χ3n) is 2.38. The second-order valence-corrected chi connectivity index (χ2v) is 4.02. The summed E-state index contributed by atoms with van der Waals surface area (Å²) in [6, 6.07) is 3.32. The molecule has 1 aromatic rings. The number of hydrogen-bond acceptors (Lipinski definition) is 3. The monoisotopic (exact) mass is 250 g/mol. The number of carbonyl (C=O) groups is 1. The molecular formula is C12H11ClN2O2. The summed E-state index contributed by atoms with van der Waals surface area (Å²) in [5.41, 5.74) is 0.576. The zero-order valence-corrected chi connectivity index (χ0v) is 10.0. The number of hydrogen-bond donors (Lipinski definition) is 1. The van der Waals surface area contributed by atoms with Gasteiger partial charge < -0.3 is 10.1 Å². The van der Waals surface area contributed by atoms with E-state index in [0.29, 0.717) is 23.0 Å². The maximum absolute atomic E-state index is 11.0. The normalized spacial score (nSPS) is 18.2. The molecule has 4 nitrogen and oxygen atoms in total. The fourth-order valence-corrected chi connectivity index (χ4v) is 1.70. The predicted molar refractivity (Wildman–Crippen MR) is 63.8 cm³/mol. The summed E-state index contributed by atoms with van der Waals surface area (Å²) in [4.78, 5) is 15.1. The molecule has 0 aliphatic carbocycles. The van der Waals surface area contributed by atoms with Crippen LogP contribution in [0.15, 0.2) is 12.1 Å². The molecular weight excluding hydrogens is 240 g/mol. The van der Waals surface area contributed by atoms with Crippen molar-refractivity contribution < 1.29 is 9.53 Å². The van der Waals surface area contributed by atoms with Gasteiger partial charge in [0.2, 0.25) is 11.8 Å². The van der Waals surface area contributed by atoms with E-state index in [0.717, 1.165) is 6.42 Å². The van der Waals surface area contributed by atoms with Gasteiger partial charge in [0.1, 0.15) is 10.7 Å². The number of pyridine rings is 1. The van der Waals surface area contributed by atoms with Crippen LogP contribution < -0.4 is 10.1 Å². The Kier molecular flexibility index (Phi) is 3.50. The van der Waals surface area contributed by atoms with Crippen LogP contribution in [0.25, 0.3) is 0 Å². The van der Waals surface area contributed by atoms with Crippen molar-refractivity contribution in [2.24, 2.45) is 0 Å². The lowest BCUT2D eigenvalue weighted by molar-refractivity contribution is -0.119. The van der Waals surface area contributed by atoms with Crippen LogP contribution in [0.3, 0.4) is 0 Å². The largest absolute Gasteiger partial charge is 0.480 e. The number of methoxy groups -OCH3 is 1. The van der Waals surface area contributed by atoms with Gasteiger partial charge in [0.05, 0.1) is 13.2 Å². The average Bonchev–Trinajstić information content (AvgIpc) is 2.74. The van der Waals surface area contributed by atoms with Crippen LogP contribution >= 0.6 is 11.6 Å². The van der Waals surface area contributed by atoms with Crippen molar-refractivity contribution in [1.82, 2.24) is 10.3 Å². The van der Waals surface area contributed by atoms with Gasteiger partial charge in [-0.05, 0) is 24.5 Å². The highest BCUT2D eigenvalue weighted by Crippen LogP contribution is 2.20. The molecule has 1 fully saturated rings. The molecule has 1 N–H and O–H groups in total. The van der Waals surface area contributed by atoms with E-state index in [2.05, 4.69) is 22.1 Å². The van der Waals surface area contributed by atoms with E-state index >= 15 is 0 Å². The van der Waals surface area contributed by atoms with Gasteiger partial charge in [0.15, 0.2) is 0 Å². The highest BCUT2D eigenvalue weighted by atomic mass is 35.5. The van der Waals surface area contributed by atoms with Gasteiger partial charge in [-0.15, -0.1) is 0 Å². The first-order chi connectivity index (χ1) is 8.19. The zero-order valence-electron chi connectivity index (χ0n) is 9.29. The van der Waals surface area contributed by atoms with Crippen molar-refractivity contribution in [2.75, 3.05) is 7.11 Å². The highest BCUT2D eigenvalue weighted by molar-refractivity contribution is 6.31. The third-order valence-corrected chi connectivity index (χ3v) is 2.66. The molecule has 0 unspecified atom stereocenters. The number of nitrogens with zero attached hydrogens (tertiary/aromatic N) is 1. The summed E-state index contributed by atoms with van der Waals surface area (Å²) in [7, 11) is 1.50.